The van der Waals surface area contributed by atoms with Crippen LogP contribution in [0.5, 0.6) is 0 Å². The van der Waals surface area contributed by atoms with E-state index in [1.54, 1.807) is 6.92 Å². The van der Waals surface area contributed by atoms with Crippen molar-refractivity contribution in [3.63, 3.8) is 0 Å². The Labute approximate surface area is 213 Å². The second-order valence-corrected chi connectivity index (χ2v) is 9.77. The number of nitrogens with two attached hydrogens (primary N) is 3. The predicted octanol–water partition coefficient (Wildman–Crippen LogP) is -0.0901. The van der Waals surface area contributed by atoms with Crippen LogP contribution in [0, 0.1) is 5.92 Å². The fourth-order valence-electron chi connectivity index (χ4n) is 3.39. The van der Waals surface area contributed by atoms with E-state index in [9.17, 15) is 24.3 Å². The Balaban J connectivity index is 5.44. The smallest absolute Gasteiger partial charge is 0.326 e. The van der Waals surface area contributed by atoms with Gasteiger partial charge in [0, 0.05) is 0 Å². The minimum atomic E-state index is -1.13. The molecule has 0 aromatic rings. The lowest BCUT2D eigenvalue weighted by Crippen LogP contribution is -2.57. The number of rotatable bonds is 20. The average molecular weight is 519 g/mol. The molecule has 0 saturated heterocycles. The van der Waals surface area contributed by atoms with E-state index in [1.807, 2.05) is 13.2 Å². The molecule has 204 valence electrons. The van der Waals surface area contributed by atoms with Crippen LogP contribution in [0.4, 0.5) is 0 Å². The first-order chi connectivity index (χ1) is 16.6. The molecule has 0 bridgehead atoms. The first-order valence-electron chi connectivity index (χ1n) is 12.4. The number of carboxylic acid groups (broad SMARTS) is 1. The first kappa shape index (κ1) is 33.1. The molecule has 10 N–H and O–H groups in total. The van der Waals surface area contributed by atoms with Crippen LogP contribution in [0.2, 0.25) is 0 Å². The standard InChI is InChI=1S/C23H46N6O5S/c1-4-15(2)19(23(33)34)29-22(32)18(11-14-35-3)28-21(31)17(10-6-8-13-25)27-20(30)16(26)9-5-7-12-24/h15-19H,4-14,24-26H2,1-3H3,(H,27,30)(H,28,31)(H,29,32)(H,33,34). The van der Waals surface area contributed by atoms with Crippen LogP contribution in [0.3, 0.4) is 0 Å². The molecule has 0 radical (unpaired) electrons. The molecule has 0 spiro atoms. The largest absolute Gasteiger partial charge is 0.480 e. The first-order valence-corrected chi connectivity index (χ1v) is 13.8. The van der Waals surface area contributed by atoms with E-state index in [2.05, 4.69) is 16.0 Å². The summed E-state index contributed by atoms with van der Waals surface area (Å²) in [5.74, 6) is -2.35. The van der Waals surface area contributed by atoms with Crippen molar-refractivity contribution >= 4 is 35.5 Å². The van der Waals surface area contributed by atoms with Gasteiger partial charge in [-0.25, -0.2) is 4.79 Å². The third kappa shape index (κ3) is 13.7. The van der Waals surface area contributed by atoms with Gasteiger partial charge in [0.1, 0.15) is 18.1 Å². The van der Waals surface area contributed by atoms with Gasteiger partial charge in [0.15, 0.2) is 0 Å². The number of aliphatic carboxylic acids is 1. The van der Waals surface area contributed by atoms with Crippen molar-refractivity contribution in [1.29, 1.82) is 0 Å². The van der Waals surface area contributed by atoms with Gasteiger partial charge >= 0.3 is 5.97 Å². The second-order valence-electron chi connectivity index (χ2n) is 8.79. The zero-order valence-electron chi connectivity index (χ0n) is 21.4. The lowest BCUT2D eigenvalue weighted by molar-refractivity contribution is -0.143. The van der Waals surface area contributed by atoms with Gasteiger partial charge in [-0.05, 0) is 69.5 Å². The van der Waals surface area contributed by atoms with Crippen molar-refractivity contribution in [3.05, 3.63) is 0 Å². The Morgan fingerprint density at radius 3 is 1.86 bits per heavy atom. The van der Waals surface area contributed by atoms with Crippen LogP contribution in [-0.2, 0) is 19.2 Å². The van der Waals surface area contributed by atoms with Crippen LogP contribution in [0.25, 0.3) is 0 Å². The third-order valence-corrected chi connectivity index (χ3v) is 6.55. The molecular weight excluding hydrogens is 472 g/mol. The quantitative estimate of drug-likeness (QED) is 0.107. The van der Waals surface area contributed by atoms with Crippen molar-refractivity contribution in [2.24, 2.45) is 23.1 Å². The number of hydrogen-bond acceptors (Lipinski definition) is 8. The highest BCUT2D eigenvalue weighted by atomic mass is 32.2. The van der Waals surface area contributed by atoms with Gasteiger partial charge in [0.2, 0.25) is 17.7 Å². The van der Waals surface area contributed by atoms with E-state index < -0.39 is 47.9 Å². The van der Waals surface area contributed by atoms with Gasteiger partial charge in [-0.15, -0.1) is 0 Å². The summed E-state index contributed by atoms with van der Waals surface area (Å²) in [7, 11) is 0. The molecule has 11 nitrogen and oxygen atoms in total. The SMILES string of the molecule is CCC(C)C(NC(=O)C(CCSC)NC(=O)C(CCCCN)NC(=O)C(N)CCCCN)C(=O)O. The number of carbonyl (C=O) groups excluding carboxylic acids is 3. The highest BCUT2D eigenvalue weighted by molar-refractivity contribution is 7.98. The molecule has 0 saturated carbocycles. The van der Waals surface area contributed by atoms with Gasteiger partial charge in [0.05, 0.1) is 6.04 Å². The van der Waals surface area contributed by atoms with Crippen LogP contribution >= 0.6 is 11.8 Å². The van der Waals surface area contributed by atoms with Gasteiger partial charge in [0.25, 0.3) is 0 Å². The van der Waals surface area contributed by atoms with E-state index in [1.165, 1.54) is 11.8 Å². The number of hydrogen-bond donors (Lipinski definition) is 7. The lowest BCUT2D eigenvalue weighted by Gasteiger charge is -2.26. The zero-order chi connectivity index (χ0) is 26.8. The molecule has 5 atom stereocenters. The van der Waals surface area contributed by atoms with Gasteiger partial charge in [-0.3, -0.25) is 14.4 Å². The average Bonchev–Trinajstić information content (AvgIpc) is 2.83. The molecule has 0 aliphatic carbocycles. The molecule has 12 heteroatoms. The van der Waals surface area contributed by atoms with Crippen molar-refractivity contribution in [2.75, 3.05) is 25.1 Å². The molecular formula is C23H46N6O5S. The normalized spacial score (nSPS) is 15.4. The molecule has 0 aromatic heterocycles. The molecule has 0 aromatic carbocycles. The zero-order valence-corrected chi connectivity index (χ0v) is 22.2. The summed E-state index contributed by atoms with van der Waals surface area (Å²) in [4.78, 5) is 50.3. The number of carbonyl (C=O) groups is 4. The maximum absolute atomic E-state index is 13.1. The van der Waals surface area contributed by atoms with E-state index in [-0.39, 0.29) is 5.92 Å². The summed E-state index contributed by atoms with van der Waals surface area (Å²) >= 11 is 1.50. The van der Waals surface area contributed by atoms with Crippen LogP contribution in [-0.4, -0.2) is 78.1 Å². The van der Waals surface area contributed by atoms with Crippen molar-refractivity contribution in [1.82, 2.24) is 16.0 Å². The van der Waals surface area contributed by atoms with Gasteiger partial charge in [-0.1, -0.05) is 26.7 Å². The van der Waals surface area contributed by atoms with Crippen LogP contribution in [0.15, 0.2) is 0 Å². The van der Waals surface area contributed by atoms with Gasteiger partial charge in [-0.2, -0.15) is 11.8 Å². The molecule has 0 aliphatic heterocycles. The number of unbranched alkanes of at least 4 members (excludes halogenated alkanes) is 2. The van der Waals surface area contributed by atoms with E-state index in [0.717, 1.165) is 6.42 Å². The van der Waals surface area contributed by atoms with Crippen LogP contribution < -0.4 is 33.2 Å². The van der Waals surface area contributed by atoms with E-state index in [0.29, 0.717) is 63.8 Å². The number of thioether (sulfide) groups is 1. The Bertz CT molecular complexity index is 654. The van der Waals surface area contributed by atoms with Crippen LogP contribution in [0.1, 0.15) is 65.2 Å². The van der Waals surface area contributed by atoms with Crippen molar-refractivity contribution in [3.8, 4) is 0 Å². The highest BCUT2D eigenvalue weighted by Gasteiger charge is 2.31. The van der Waals surface area contributed by atoms with Crippen molar-refractivity contribution in [2.45, 2.75) is 89.4 Å². The molecule has 0 aliphatic rings. The Morgan fingerprint density at radius 2 is 1.34 bits per heavy atom. The highest BCUT2D eigenvalue weighted by Crippen LogP contribution is 2.10. The molecule has 35 heavy (non-hydrogen) atoms. The number of amides is 3. The Hall–Kier alpha value is -1.89. The Kier molecular flexibility index (Phi) is 18.3. The van der Waals surface area contributed by atoms with Crippen molar-refractivity contribution < 1.29 is 24.3 Å². The molecule has 0 rings (SSSR count). The number of carboxylic acids is 1. The summed E-state index contributed by atoms with van der Waals surface area (Å²) in [6, 6.07) is -3.65. The van der Waals surface area contributed by atoms with Gasteiger partial charge < -0.3 is 38.3 Å². The predicted molar refractivity (Wildman–Crippen MR) is 140 cm³/mol. The topological polar surface area (TPSA) is 203 Å². The lowest BCUT2D eigenvalue weighted by atomic mass is 9.98. The fraction of sp³-hybridized carbons (Fsp3) is 0.826. The maximum Gasteiger partial charge on any atom is 0.326 e. The minimum Gasteiger partial charge on any atom is -0.480 e. The summed E-state index contributed by atoms with van der Waals surface area (Å²) in [6.45, 7) is 4.55. The maximum atomic E-state index is 13.1. The third-order valence-electron chi connectivity index (χ3n) is 5.91. The summed E-state index contributed by atoms with van der Waals surface area (Å²) < 4.78 is 0. The minimum absolute atomic E-state index is 0.280. The van der Waals surface area contributed by atoms with E-state index in [4.69, 9.17) is 17.2 Å². The summed E-state index contributed by atoms with van der Waals surface area (Å²) in [6.07, 6.45) is 6.28. The molecule has 5 unspecified atom stereocenters. The Morgan fingerprint density at radius 1 is 0.829 bits per heavy atom. The summed E-state index contributed by atoms with van der Waals surface area (Å²) in [5.41, 5.74) is 17.0. The monoisotopic (exact) mass is 518 g/mol. The van der Waals surface area contributed by atoms with E-state index >= 15 is 0 Å². The molecule has 0 fully saturated rings. The summed E-state index contributed by atoms with van der Waals surface area (Å²) in [5, 5.41) is 17.5. The molecule has 3 amide bonds. The second kappa shape index (κ2) is 19.3. The number of nitrogens with one attached hydrogen (secondary N) is 3. The molecule has 0 heterocycles. The fourth-order valence-corrected chi connectivity index (χ4v) is 3.87.